The third-order valence-corrected chi connectivity index (χ3v) is 3.82. The number of rotatable bonds is 1. The molecule has 0 saturated heterocycles. The average Bonchev–Trinajstić information content (AvgIpc) is 2.92. The molecule has 2 heterocycles. The van der Waals surface area contributed by atoms with Gasteiger partial charge < -0.3 is 19.2 Å². The molecule has 0 saturated carbocycles. The smallest absolute Gasteiger partial charge is 0.477 e. The number of halogens is 1. The number of hydrogen-bond acceptors (Lipinski definition) is 5. The summed E-state index contributed by atoms with van der Waals surface area (Å²) in [6.45, 7) is 1.84. The van der Waals surface area contributed by atoms with Gasteiger partial charge in [0.1, 0.15) is 5.75 Å². The van der Waals surface area contributed by atoms with Crippen molar-refractivity contribution >= 4 is 30.2 Å². The predicted octanol–water partition coefficient (Wildman–Crippen LogP) is 0.595. The van der Waals surface area contributed by atoms with E-state index in [1.807, 2.05) is 6.92 Å². The van der Waals surface area contributed by atoms with Gasteiger partial charge in [-0.1, -0.05) is 11.6 Å². The first-order chi connectivity index (χ1) is 9.02. The molecule has 100 valence electrons. The lowest BCUT2D eigenvalue weighted by Crippen LogP contribution is -2.32. The Morgan fingerprint density at radius 1 is 1.63 bits per heavy atom. The first-order valence-corrected chi connectivity index (χ1v) is 6.34. The Morgan fingerprint density at radius 2 is 2.37 bits per heavy atom. The molecule has 0 spiro atoms. The molecule has 3 rings (SSSR count). The second kappa shape index (κ2) is 4.40. The van der Waals surface area contributed by atoms with Gasteiger partial charge in [0.25, 0.3) is 0 Å². The molecule has 2 unspecified atom stereocenters. The van der Waals surface area contributed by atoms with Crippen LogP contribution in [0.15, 0.2) is 6.07 Å². The van der Waals surface area contributed by atoms with E-state index in [-0.39, 0.29) is 6.10 Å². The highest BCUT2D eigenvalue weighted by Crippen LogP contribution is 2.40. The minimum atomic E-state index is -1.00. The summed E-state index contributed by atoms with van der Waals surface area (Å²) < 4.78 is 15.6. The largest absolute Gasteiger partial charge is 0.492 e. The van der Waals surface area contributed by atoms with Gasteiger partial charge in [-0.2, -0.15) is 0 Å². The Kier molecular flexibility index (Phi) is 2.96. The Hall–Kier alpha value is -1.24. The summed E-state index contributed by atoms with van der Waals surface area (Å²) in [7, 11) is 0.303. The minimum Gasteiger partial charge on any atom is -0.477 e. The van der Waals surface area contributed by atoms with E-state index in [1.165, 1.54) is 7.11 Å². The van der Waals surface area contributed by atoms with E-state index in [0.29, 0.717) is 22.7 Å². The number of fused-ring (bicyclic) bond motifs is 3. The molecule has 1 aromatic rings. The van der Waals surface area contributed by atoms with Crippen LogP contribution >= 0.6 is 11.6 Å². The number of hydrogen-bond donors (Lipinski definition) is 1. The molecule has 1 aromatic carbocycles. The SMILES string of the molecule is COC(=O)C1Cc2c(c(Cl)cc3c2B(O)OC3C)O1. The lowest BCUT2D eigenvalue weighted by atomic mass is 9.75. The number of esters is 1. The van der Waals surface area contributed by atoms with Crippen molar-refractivity contribution in [3.63, 3.8) is 0 Å². The molecule has 2 aliphatic rings. The number of methoxy groups -OCH3 is 1. The topological polar surface area (TPSA) is 65.0 Å². The Bertz CT molecular complexity index is 562. The van der Waals surface area contributed by atoms with Gasteiger partial charge >= 0.3 is 13.1 Å². The maximum atomic E-state index is 11.6. The summed E-state index contributed by atoms with van der Waals surface area (Å²) >= 11 is 6.17. The molecule has 0 bridgehead atoms. The predicted molar refractivity (Wildman–Crippen MR) is 68.7 cm³/mol. The standard InChI is InChI=1S/C12H12BClO5/c1-5-6-3-8(14)11-7(10(6)13(16)19-5)4-9(18-11)12(15)17-2/h3,5,9,16H,4H2,1-2H3. The van der Waals surface area contributed by atoms with E-state index >= 15 is 0 Å². The fraction of sp³-hybridized carbons (Fsp3) is 0.417. The number of carbonyl (C=O) groups is 1. The number of carbonyl (C=O) groups excluding carboxylic acids is 1. The highest BCUT2D eigenvalue weighted by atomic mass is 35.5. The van der Waals surface area contributed by atoms with Gasteiger partial charge in [-0.3, -0.25) is 0 Å². The molecular weight excluding hydrogens is 270 g/mol. The van der Waals surface area contributed by atoms with Crippen LogP contribution in [0.2, 0.25) is 5.02 Å². The molecule has 1 N–H and O–H groups in total. The summed E-state index contributed by atoms with van der Waals surface area (Å²) in [5, 5.41) is 10.4. The van der Waals surface area contributed by atoms with E-state index in [1.54, 1.807) is 6.07 Å². The van der Waals surface area contributed by atoms with Crippen LogP contribution in [0.25, 0.3) is 0 Å². The maximum absolute atomic E-state index is 11.6. The first kappa shape index (κ1) is 12.8. The lowest BCUT2D eigenvalue weighted by molar-refractivity contribution is -0.147. The van der Waals surface area contributed by atoms with Crippen molar-refractivity contribution in [3.05, 3.63) is 22.2 Å². The second-order valence-electron chi connectivity index (χ2n) is 4.63. The van der Waals surface area contributed by atoms with Crippen LogP contribution < -0.4 is 10.2 Å². The number of ether oxygens (including phenoxy) is 2. The first-order valence-electron chi connectivity index (χ1n) is 5.96. The van der Waals surface area contributed by atoms with Gasteiger partial charge in [0.15, 0.2) is 6.10 Å². The minimum absolute atomic E-state index is 0.232. The monoisotopic (exact) mass is 282 g/mol. The Balaban J connectivity index is 2.08. The highest BCUT2D eigenvalue weighted by molar-refractivity contribution is 6.62. The van der Waals surface area contributed by atoms with Crippen LogP contribution in [0, 0.1) is 0 Å². The molecule has 0 radical (unpaired) electrons. The molecule has 7 heteroatoms. The zero-order chi connectivity index (χ0) is 13.7. The van der Waals surface area contributed by atoms with Gasteiger partial charge in [-0.15, -0.1) is 0 Å². The van der Waals surface area contributed by atoms with E-state index in [9.17, 15) is 9.82 Å². The van der Waals surface area contributed by atoms with Crippen LogP contribution in [-0.4, -0.2) is 31.3 Å². The van der Waals surface area contributed by atoms with Gasteiger partial charge in [0.05, 0.1) is 18.2 Å². The van der Waals surface area contributed by atoms with E-state index in [0.717, 1.165) is 11.1 Å². The van der Waals surface area contributed by atoms with Gasteiger partial charge in [0.2, 0.25) is 0 Å². The average molecular weight is 282 g/mol. The second-order valence-corrected chi connectivity index (χ2v) is 5.04. The van der Waals surface area contributed by atoms with Crippen molar-refractivity contribution in [2.45, 2.75) is 25.6 Å². The van der Waals surface area contributed by atoms with Gasteiger partial charge in [0, 0.05) is 12.0 Å². The lowest BCUT2D eigenvalue weighted by Gasteiger charge is -2.09. The molecule has 0 aromatic heterocycles. The Labute approximate surface area is 115 Å². The van der Waals surface area contributed by atoms with Crippen molar-refractivity contribution in [1.29, 1.82) is 0 Å². The number of benzene rings is 1. The van der Waals surface area contributed by atoms with Crippen LogP contribution in [0.1, 0.15) is 24.2 Å². The normalized spacial score (nSPS) is 23.9. The fourth-order valence-electron chi connectivity index (χ4n) is 2.65. The maximum Gasteiger partial charge on any atom is 0.492 e. The van der Waals surface area contributed by atoms with Crippen LogP contribution in [0.3, 0.4) is 0 Å². The van der Waals surface area contributed by atoms with Crippen LogP contribution in [0.4, 0.5) is 0 Å². The molecule has 5 nitrogen and oxygen atoms in total. The fourth-order valence-corrected chi connectivity index (χ4v) is 2.92. The molecule has 0 aliphatic carbocycles. The quantitative estimate of drug-likeness (QED) is 0.603. The van der Waals surface area contributed by atoms with Crippen molar-refractivity contribution in [1.82, 2.24) is 0 Å². The molecule has 2 atom stereocenters. The van der Waals surface area contributed by atoms with Crippen molar-refractivity contribution in [3.8, 4) is 5.75 Å². The summed E-state index contributed by atoms with van der Waals surface area (Å²) in [5.41, 5.74) is 2.23. The Morgan fingerprint density at radius 3 is 3.05 bits per heavy atom. The van der Waals surface area contributed by atoms with Crippen LogP contribution in [-0.2, 0) is 20.6 Å². The van der Waals surface area contributed by atoms with Crippen molar-refractivity contribution in [2.75, 3.05) is 7.11 Å². The van der Waals surface area contributed by atoms with Crippen LogP contribution in [0.5, 0.6) is 5.75 Å². The zero-order valence-electron chi connectivity index (χ0n) is 10.5. The molecule has 0 fully saturated rings. The molecule has 0 amide bonds. The summed E-state index contributed by atoms with van der Waals surface area (Å²) in [6.07, 6.45) is -0.616. The molecular formula is C12H12BClO5. The highest BCUT2D eigenvalue weighted by Gasteiger charge is 2.42. The summed E-state index contributed by atoms with van der Waals surface area (Å²) in [6, 6.07) is 1.72. The summed E-state index contributed by atoms with van der Waals surface area (Å²) in [5.74, 6) is -0.0185. The third-order valence-electron chi connectivity index (χ3n) is 3.54. The van der Waals surface area contributed by atoms with Crippen molar-refractivity contribution in [2.24, 2.45) is 0 Å². The van der Waals surface area contributed by atoms with E-state index in [4.69, 9.17) is 21.0 Å². The summed E-state index contributed by atoms with van der Waals surface area (Å²) in [4.78, 5) is 11.6. The van der Waals surface area contributed by atoms with E-state index < -0.39 is 19.2 Å². The van der Waals surface area contributed by atoms with Gasteiger partial charge in [-0.25, -0.2) is 4.79 Å². The molecule has 2 aliphatic heterocycles. The van der Waals surface area contributed by atoms with E-state index in [2.05, 4.69) is 4.74 Å². The third kappa shape index (κ3) is 1.82. The van der Waals surface area contributed by atoms with Gasteiger partial charge in [-0.05, 0) is 24.0 Å². The zero-order valence-corrected chi connectivity index (χ0v) is 11.2. The van der Waals surface area contributed by atoms with Crippen molar-refractivity contribution < 1.29 is 23.9 Å². The molecule has 19 heavy (non-hydrogen) atoms.